The fourth-order valence-corrected chi connectivity index (χ4v) is 1.77. The SMILES string of the molecule is CC(C)(C)OC(=O)N1CC[C@@H](N)C[C@@H]1C(=O)O. The summed E-state index contributed by atoms with van der Waals surface area (Å²) in [5.74, 6) is -1.04. The lowest BCUT2D eigenvalue weighted by Crippen LogP contribution is -2.54. The summed E-state index contributed by atoms with van der Waals surface area (Å²) in [6.07, 6.45) is 0.286. The number of rotatable bonds is 1. The van der Waals surface area contributed by atoms with Crippen molar-refractivity contribution in [3.05, 3.63) is 0 Å². The highest BCUT2D eigenvalue weighted by molar-refractivity contribution is 5.80. The van der Waals surface area contributed by atoms with Crippen LogP contribution in [0.15, 0.2) is 0 Å². The topological polar surface area (TPSA) is 92.9 Å². The molecular weight excluding hydrogens is 224 g/mol. The second-order valence-corrected chi connectivity index (χ2v) is 5.31. The van der Waals surface area contributed by atoms with Gasteiger partial charge in [0.1, 0.15) is 11.6 Å². The maximum absolute atomic E-state index is 11.8. The molecule has 6 heteroatoms. The molecule has 1 amide bonds. The van der Waals surface area contributed by atoms with E-state index in [1.54, 1.807) is 20.8 Å². The van der Waals surface area contributed by atoms with Crippen LogP contribution in [0.5, 0.6) is 0 Å². The van der Waals surface area contributed by atoms with E-state index in [2.05, 4.69) is 0 Å². The Morgan fingerprint density at radius 1 is 1.41 bits per heavy atom. The number of carboxylic acids is 1. The summed E-state index contributed by atoms with van der Waals surface area (Å²) >= 11 is 0. The molecule has 2 atom stereocenters. The van der Waals surface area contributed by atoms with E-state index in [1.165, 1.54) is 4.90 Å². The summed E-state index contributed by atoms with van der Waals surface area (Å²) in [5, 5.41) is 9.07. The minimum Gasteiger partial charge on any atom is -0.480 e. The van der Waals surface area contributed by atoms with Crippen molar-refractivity contribution in [1.82, 2.24) is 4.90 Å². The molecule has 0 saturated carbocycles. The van der Waals surface area contributed by atoms with E-state index in [9.17, 15) is 9.59 Å². The molecule has 0 aliphatic carbocycles. The van der Waals surface area contributed by atoms with Crippen LogP contribution in [-0.2, 0) is 9.53 Å². The maximum atomic E-state index is 11.8. The van der Waals surface area contributed by atoms with E-state index in [0.29, 0.717) is 13.0 Å². The second kappa shape index (κ2) is 4.91. The van der Waals surface area contributed by atoms with Crippen LogP contribution >= 0.6 is 0 Å². The average molecular weight is 244 g/mol. The molecular formula is C11H20N2O4. The average Bonchev–Trinajstić information content (AvgIpc) is 2.14. The van der Waals surface area contributed by atoms with Crippen molar-refractivity contribution in [2.24, 2.45) is 5.73 Å². The number of ether oxygens (including phenoxy) is 1. The molecule has 0 radical (unpaired) electrons. The van der Waals surface area contributed by atoms with E-state index in [4.69, 9.17) is 15.6 Å². The zero-order valence-corrected chi connectivity index (χ0v) is 10.5. The molecule has 98 valence electrons. The first-order valence-corrected chi connectivity index (χ1v) is 5.68. The monoisotopic (exact) mass is 244 g/mol. The smallest absolute Gasteiger partial charge is 0.411 e. The number of carbonyl (C=O) groups is 2. The Bertz CT molecular complexity index is 311. The summed E-state index contributed by atoms with van der Waals surface area (Å²) in [4.78, 5) is 24.2. The van der Waals surface area contributed by atoms with Gasteiger partial charge in [0, 0.05) is 12.6 Å². The van der Waals surface area contributed by atoms with Crippen molar-refractivity contribution in [1.29, 1.82) is 0 Å². The first-order chi connectivity index (χ1) is 7.70. The normalized spacial score (nSPS) is 25.5. The predicted molar refractivity (Wildman–Crippen MR) is 61.6 cm³/mol. The molecule has 0 aromatic rings. The lowest BCUT2D eigenvalue weighted by Gasteiger charge is -2.36. The van der Waals surface area contributed by atoms with Gasteiger partial charge in [-0.2, -0.15) is 0 Å². The largest absolute Gasteiger partial charge is 0.480 e. The number of nitrogens with two attached hydrogens (primary N) is 1. The van der Waals surface area contributed by atoms with E-state index in [-0.39, 0.29) is 12.5 Å². The van der Waals surface area contributed by atoms with Gasteiger partial charge in [-0.25, -0.2) is 9.59 Å². The maximum Gasteiger partial charge on any atom is 0.411 e. The Hall–Kier alpha value is -1.30. The van der Waals surface area contributed by atoms with Gasteiger partial charge < -0.3 is 15.6 Å². The van der Waals surface area contributed by atoms with Gasteiger partial charge >= 0.3 is 12.1 Å². The number of hydrogen-bond donors (Lipinski definition) is 2. The molecule has 17 heavy (non-hydrogen) atoms. The van der Waals surface area contributed by atoms with Crippen molar-refractivity contribution in [2.45, 2.75) is 51.3 Å². The fourth-order valence-electron chi connectivity index (χ4n) is 1.77. The Morgan fingerprint density at radius 3 is 2.47 bits per heavy atom. The van der Waals surface area contributed by atoms with E-state index in [0.717, 1.165) is 0 Å². The van der Waals surface area contributed by atoms with E-state index >= 15 is 0 Å². The van der Waals surface area contributed by atoms with E-state index in [1.807, 2.05) is 0 Å². The van der Waals surface area contributed by atoms with Crippen molar-refractivity contribution in [3.63, 3.8) is 0 Å². The van der Waals surface area contributed by atoms with Gasteiger partial charge in [0.25, 0.3) is 0 Å². The van der Waals surface area contributed by atoms with Gasteiger partial charge in [0.15, 0.2) is 0 Å². The number of amides is 1. The van der Waals surface area contributed by atoms with Crippen LogP contribution < -0.4 is 5.73 Å². The van der Waals surface area contributed by atoms with Crippen LogP contribution in [0.4, 0.5) is 4.79 Å². The van der Waals surface area contributed by atoms with Crippen molar-refractivity contribution in [2.75, 3.05) is 6.54 Å². The Morgan fingerprint density at radius 2 is 2.00 bits per heavy atom. The number of hydrogen-bond acceptors (Lipinski definition) is 4. The molecule has 3 N–H and O–H groups in total. The van der Waals surface area contributed by atoms with Gasteiger partial charge in [-0.15, -0.1) is 0 Å². The van der Waals surface area contributed by atoms with Crippen molar-refractivity contribution < 1.29 is 19.4 Å². The number of aliphatic carboxylic acids is 1. The quantitative estimate of drug-likeness (QED) is 0.711. The molecule has 0 aromatic carbocycles. The van der Waals surface area contributed by atoms with Crippen LogP contribution in [0.1, 0.15) is 33.6 Å². The van der Waals surface area contributed by atoms with Gasteiger partial charge in [-0.1, -0.05) is 0 Å². The lowest BCUT2D eigenvalue weighted by molar-refractivity contribution is -0.144. The first-order valence-electron chi connectivity index (χ1n) is 5.68. The molecule has 6 nitrogen and oxygen atoms in total. The minimum absolute atomic E-state index is 0.171. The van der Waals surface area contributed by atoms with Gasteiger partial charge in [-0.05, 0) is 33.6 Å². The summed E-state index contributed by atoms with van der Waals surface area (Å²) in [6.45, 7) is 5.57. The van der Waals surface area contributed by atoms with Gasteiger partial charge in [-0.3, -0.25) is 4.90 Å². The number of piperidine rings is 1. The Labute approximate surface area is 101 Å². The van der Waals surface area contributed by atoms with Gasteiger partial charge in [0.2, 0.25) is 0 Å². The first kappa shape index (κ1) is 13.8. The lowest BCUT2D eigenvalue weighted by atomic mass is 9.98. The molecule has 0 spiro atoms. The molecule has 1 aliphatic rings. The number of carboxylic acid groups (broad SMARTS) is 1. The highest BCUT2D eigenvalue weighted by Gasteiger charge is 2.37. The summed E-state index contributed by atoms with van der Waals surface area (Å²) < 4.78 is 5.18. The van der Waals surface area contributed by atoms with Crippen LogP contribution in [0, 0.1) is 0 Å². The summed E-state index contributed by atoms with van der Waals surface area (Å²) in [6, 6.07) is -1.05. The summed E-state index contributed by atoms with van der Waals surface area (Å²) in [7, 11) is 0. The minimum atomic E-state index is -1.04. The zero-order valence-electron chi connectivity index (χ0n) is 10.5. The molecule has 0 unspecified atom stereocenters. The number of likely N-dealkylation sites (tertiary alicyclic amines) is 1. The van der Waals surface area contributed by atoms with Crippen LogP contribution in [0.3, 0.4) is 0 Å². The Balaban J connectivity index is 2.73. The summed E-state index contributed by atoms with van der Waals surface area (Å²) in [5.41, 5.74) is 5.09. The van der Waals surface area contributed by atoms with Crippen molar-refractivity contribution >= 4 is 12.1 Å². The number of carbonyl (C=O) groups excluding carboxylic acids is 1. The molecule has 0 bridgehead atoms. The second-order valence-electron chi connectivity index (χ2n) is 5.31. The van der Waals surface area contributed by atoms with Crippen LogP contribution in [0.25, 0.3) is 0 Å². The third-order valence-electron chi connectivity index (χ3n) is 2.56. The molecule has 1 aliphatic heterocycles. The fraction of sp³-hybridized carbons (Fsp3) is 0.818. The molecule has 1 fully saturated rings. The molecule has 1 saturated heterocycles. The predicted octanol–water partition coefficient (Wildman–Crippen LogP) is 0.798. The number of nitrogens with zero attached hydrogens (tertiary/aromatic N) is 1. The van der Waals surface area contributed by atoms with Gasteiger partial charge in [0.05, 0.1) is 0 Å². The third kappa shape index (κ3) is 3.89. The molecule has 0 aromatic heterocycles. The van der Waals surface area contributed by atoms with Crippen molar-refractivity contribution in [3.8, 4) is 0 Å². The van der Waals surface area contributed by atoms with Crippen LogP contribution in [-0.4, -0.2) is 46.3 Å². The standard InChI is InChI=1S/C11H20N2O4/c1-11(2,3)17-10(16)13-5-4-7(12)6-8(13)9(14)15/h7-8H,4-6,12H2,1-3H3,(H,14,15)/t7-,8-/m1/s1. The molecule has 1 rings (SSSR count). The highest BCUT2D eigenvalue weighted by atomic mass is 16.6. The Kier molecular flexibility index (Phi) is 3.98. The molecule has 1 heterocycles. The third-order valence-corrected chi connectivity index (χ3v) is 2.56. The van der Waals surface area contributed by atoms with Crippen LogP contribution in [0.2, 0.25) is 0 Å². The zero-order chi connectivity index (χ0) is 13.2. The highest BCUT2D eigenvalue weighted by Crippen LogP contribution is 2.20. The van der Waals surface area contributed by atoms with E-state index < -0.39 is 23.7 Å².